The molecule has 4 heteroatoms. The first-order valence-electron chi connectivity index (χ1n) is 7.49. The molecule has 1 unspecified atom stereocenters. The van der Waals surface area contributed by atoms with Gasteiger partial charge in [-0.15, -0.1) is 0 Å². The van der Waals surface area contributed by atoms with Gasteiger partial charge in [-0.05, 0) is 37.9 Å². The van der Waals surface area contributed by atoms with E-state index in [1.807, 2.05) is 24.3 Å². The second-order valence-corrected chi connectivity index (χ2v) is 5.74. The Morgan fingerprint density at radius 1 is 1.43 bits per heavy atom. The maximum atomic E-state index is 9.40. The molecule has 1 aromatic carbocycles. The van der Waals surface area contributed by atoms with Crippen molar-refractivity contribution in [3.8, 4) is 6.07 Å². The van der Waals surface area contributed by atoms with E-state index >= 15 is 0 Å². The number of nitriles is 1. The van der Waals surface area contributed by atoms with Crippen LogP contribution >= 0.6 is 0 Å². The van der Waals surface area contributed by atoms with Gasteiger partial charge in [-0.25, -0.2) is 0 Å². The number of rotatable bonds is 3. The van der Waals surface area contributed by atoms with E-state index in [0.717, 1.165) is 36.2 Å². The van der Waals surface area contributed by atoms with Crippen LogP contribution in [0.25, 0.3) is 10.9 Å². The van der Waals surface area contributed by atoms with Crippen molar-refractivity contribution in [2.75, 3.05) is 31.6 Å². The smallest absolute Gasteiger partial charge is 0.103 e. The van der Waals surface area contributed by atoms with Crippen molar-refractivity contribution in [2.45, 2.75) is 12.8 Å². The molecule has 0 amide bonds. The van der Waals surface area contributed by atoms with Crippen molar-refractivity contribution in [1.82, 2.24) is 10.3 Å². The zero-order chi connectivity index (χ0) is 14.7. The van der Waals surface area contributed by atoms with Crippen LogP contribution in [0, 0.1) is 17.2 Å². The molecule has 3 rings (SSSR count). The molecule has 0 radical (unpaired) electrons. The van der Waals surface area contributed by atoms with Crippen molar-refractivity contribution in [2.24, 2.45) is 5.92 Å². The average Bonchev–Trinajstić information content (AvgIpc) is 2.54. The number of piperidine rings is 1. The number of anilines is 1. The van der Waals surface area contributed by atoms with Crippen molar-refractivity contribution < 1.29 is 0 Å². The normalized spacial score (nSPS) is 18.4. The summed E-state index contributed by atoms with van der Waals surface area (Å²) in [5, 5.41) is 13.9. The fraction of sp³-hybridized carbons (Fsp3) is 0.412. The fourth-order valence-electron chi connectivity index (χ4n) is 3.18. The third-order valence-corrected chi connectivity index (χ3v) is 4.18. The number of para-hydroxylation sites is 1. The predicted octanol–water partition coefficient (Wildman–Crippen LogP) is 2.54. The minimum atomic E-state index is 0.641. The molecule has 1 aromatic heterocycles. The summed E-state index contributed by atoms with van der Waals surface area (Å²) in [7, 11) is 2.08. The van der Waals surface area contributed by atoms with E-state index < -0.39 is 0 Å². The van der Waals surface area contributed by atoms with E-state index in [0.29, 0.717) is 11.5 Å². The number of benzene rings is 1. The number of pyridine rings is 1. The Bertz CT molecular complexity index is 668. The summed E-state index contributed by atoms with van der Waals surface area (Å²) in [5.41, 5.74) is 2.61. The number of nitrogens with one attached hydrogen (secondary N) is 1. The molecule has 1 aliphatic heterocycles. The highest BCUT2D eigenvalue weighted by atomic mass is 15.1. The van der Waals surface area contributed by atoms with Crippen LogP contribution in [-0.4, -0.2) is 31.7 Å². The molecule has 21 heavy (non-hydrogen) atoms. The highest BCUT2D eigenvalue weighted by molar-refractivity contribution is 5.94. The van der Waals surface area contributed by atoms with Gasteiger partial charge in [0.1, 0.15) is 6.07 Å². The topological polar surface area (TPSA) is 52.0 Å². The molecular weight excluding hydrogens is 260 g/mol. The number of hydrogen-bond donors (Lipinski definition) is 1. The maximum Gasteiger partial charge on any atom is 0.103 e. The highest BCUT2D eigenvalue weighted by Crippen LogP contribution is 2.29. The number of hydrogen-bond acceptors (Lipinski definition) is 4. The summed E-state index contributed by atoms with van der Waals surface area (Å²) >= 11 is 0. The standard InChI is InChI=1S/C17H20N4/c1-21(12-13-5-4-8-19-10-13)17-14(9-18)11-20-16-7-3-2-6-15(16)17/h2-3,6-7,11,13,19H,4-5,8,10,12H2,1H3. The van der Waals surface area contributed by atoms with Gasteiger partial charge in [0.25, 0.3) is 0 Å². The van der Waals surface area contributed by atoms with Crippen LogP contribution < -0.4 is 10.2 Å². The van der Waals surface area contributed by atoms with E-state index in [9.17, 15) is 5.26 Å². The van der Waals surface area contributed by atoms with Crippen LogP contribution in [-0.2, 0) is 0 Å². The zero-order valence-corrected chi connectivity index (χ0v) is 12.3. The van der Waals surface area contributed by atoms with Gasteiger partial charge in [-0.2, -0.15) is 5.26 Å². The number of aromatic nitrogens is 1. The van der Waals surface area contributed by atoms with Gasteiger partial charge in [0, 0.05) is 25.2 Å². The minimum Gasteiger partial charge on any atom is -0.373 e. The lowest BCUT2D eigenvalue weighted by Crippen LogP contribution is -2.37. The summed E-state index contributed by atoms with van der Waals surface area (Å²) in [5.74, 6) is 0.641. The molecule has 1 saturated heterocycles. The van der Waals surface area contributed by atoms with E-state index in [2.05, 4.69) is 28.3 Å². The van der Waals surface area contributed by atoms with Gasteiger partial charge in [0.05, 0.1) is 16.8 Å². The lowest BCUT2D eigenvalue weighted by atomic mass is 9.98. The van der Waals surface area contributed by atoms with Gasteiger partial charge in [-0.1, -0.05) is 18.2 Å². The van der Waals surface area contributed by atoms with E-state index in [1.54, 1.807) is 6.20 Å². The zero-order valence-electron chi connectivity index (χ0n) is 12.3. The lowest BCUT2D eigenvalue weighted by molar-refractivity contribution is 0.381. The second-order valence-electron chi connectivity index (χ2n) is 5.74. The summed E-state index contributed by atoms with van der Waals surface area (Å²) in [4.78, 5) is 6.60. The van der Waals surface area contributed by atoms with Crippen molar-refractivity contribution in [1.29, 1.82) is 5.26 Å². The SMILES string of the molecule is CN(CC1CCCNC1)c1c(C#N)cnc2ccccc12. The fourth-order valence-corrected chi connectivity index (χ4v) is 3.18. The van der Waals surface area contributed by atoms with E-state index in [4.69, 9.17) is 0 Å². The molecular formula is C17H20N4. The molecule has 0 aliphatic carbocycles. The number of fused-ring (bicyclic) bond motifs is 1. The van der Waals surface area contributed by atoms with Gasteiger partial charge in [-0.3, -0.25) is 4.98 Å². The van der Waals surface area contributed by atoms with Crippen molar-refractivity contribution in [3.63, 3.8) is 0 Å². The van der Waals surface area contributed by atoms with Crippen LogP contribution in [0.1, 0.15) is 18.4 Å². The molecule has 1 fully saturated rings. The summed E-state index contributed by atoms with van der Waals surface area (Å²) < 4.78 is 0. The summed E-state index contributed by atoms with van der Waals surface area (Å²) in [6.45, 7) is 3.16. The highest BCUT2D eigenvalue weighted by Gasteiger charge is 2.18. The monoisotopic (exact) mass is 280 g/mol. The Hall–Kier alpha value is -2.12. The van der Waals surface area contributed by atoms with Crippen LogP contribution in [0.4, 0.5) is 5.69 Å². The van der Waals surface area contributed by atoms with E-state index in [-0.39, 0.29) is 0 Å². The molecule has 108 valence electrons. The molecule has 0 bridgehead atoms. The first kappa shape index (κ1) is 13.8. The molecule has 4 nitrogen and oxygen atoms in total. The first-order valence-corrected chi connectivity index (χ1v) is 7.49. The van der Waals surface area contributed by atoms with Crippen LogP contribution in [0.3, 0.4) is 0 Å². The Kier molecular flexibility index (Phi) is 4.03. The molecule has 2 aromatic rings. The molecule has 0 saturated carbocycles. The Morgan fingerprint density at radius 3 is 3.05 bits per heavy atom. The second kappa shape index (κ2) is 6.11. The average molecular weight is 280 g/mol. The predicted molar refractivity (Wildman–Crippen MR) is 85.3 cm³/mol. The summed E-state index contributed by atoms with van der Waals surface area (Å²) in [6.07, 6.45) is 4.18. The quantitative estimate of drug-likeness (QED) is 0.938. The Labute approximate surface area is 125 Å². The van der Waals surface area contributed by atoms with Crippen molar-refractivity contribution in [3.05, 3.63) is 36.0 Å². The molecule has 2 heterocycles. The van der Waals surface area contributed by atoms with Crippen molar-refractivity contribution >= 4 is 16.6 Å². The molecule has 1 aliphatic rings. The third-order valence-electron chi connectivity index (χ3n) is 4.18. The van der Waals surface area contributed by atoms with Gasteiger partial charge in [0.2, 0.25) is 0 Å². The lowest BCUT2D eigenvalue weighted by Gasteiger charge is -2.30. The molecule has 1 N–H and O–H groups in total. The third kappa shape index (κ3) is 2.84. The maximum absolute atomic E-state index is 9.40. The van der Waals surface area contributed by atoms with Gasteiger partial charge >= 0.3 is 0 Å². The first-order chi connectivity index (χ1) is 10.3. The summed E-state index contributed by atoms with van der Waals surface area (Å²) in [6, 6.07) is 10.3. The minimum absolute atomic E-state index is 0.641. The Balaban J connectivity index is 1.95. The van der Waals surface area contributed by atoms with Crippen LogP contribution in [0.15, 0.2) is 30.5 Å². The molecule has 0 spiro atoms. The van der Waals surface area contributed by atoms with Crippen LogP contribution in [0.5, 0.6) is 0 Å². The van der Waals surface area contributed by atoms with E-state index in [1.165, 1.54) is 12.8 Å². The Morgan fingerprint density at radius 2 is 2.29 bits per heavy atom. The van der Waals surface area contributed by atoms with Crippen LogP contribution in [0.2, 0.25) is 0 Å². The largest absolute Gasteiger partial charge is 0.373 e. The number of nitrogens with zero attached hydrogens (tertiary/aromatic N) is 3. The molecule has 1 atom stereocenters. The van der Waals surface area contributed by atoms with Gasteiger partial charge in [0.15, 0.2) is 0 Å². The van der Waals surface area contributed by atoms with Gasteiger partial charge < -0.3 is 10.2 Å².